The fraction of sp³-hybridized carbons (Fsp3) is 0.368. The van der Waals surface area contributed by atoms with E-state index in [1.165, 1.54) is 28.4 Å². The third-order valence-corrected chi connectivity index (χ3v) is 6.81. The molecule has 0 unspecified atom stereocenters. The summed E-state index contributed by atoms with van der Waals surface area (Å²) in [4.78, 5) is 1.93. The molecule has 148 valence electrons. The Kier molecular flexibility index (Phi) is 6.76. The summed E-state index contributed by atoms with van der Waals surface area (Å²) in [6, 6.07) is 10.2. The van der Waals surface area contributed by atoms with Crippen molar-refractivity contribution in [2.24, 2.45) is 0 Å². The molecule has 0 aliphatic carbocycles. The van der Waals surface area contributed by atoms with Gasteiger partial charge in [0.15, 0.2) is 17.3 Å². The molecule has 27 heavy (non-hydrogen) atoms. The summed E-state index contributed by atoms with van der Waals surface area (Å²) in [6.07, 6.45) is 0. The van der Waals surface area contributed by atoms with Gasteiger partial charge >= 0.3 is 0 Å². The predicted octanol–water partition coefficient (Wildman–Crippen LogP) is 3.02. The Hall–Kier alpha value is -2.21. The number of benzene rings is 2. The Morgan fingerprint density at radius 1 is 0.926 bits per heavy atom. The number of aliphatic hydroxyl groups excluding tert-OH is 1. The lowest BCUT2D eigenvalue weighted by Crippen LogP contribution is -2.15. The van der Waals surface area contributed by atoms with Crippen LogP contribution in [-0.2, 0) is 9.09 Å². The fourth-order valence-corrected chi connectivity index (χ4v) is 4.55. The van der Waals surface area contributed by atoms with Gasteiger partial charge in [0.05, 0.1) is 21.3 Å². The van der Waals surface area contributed by atoms with Crippen LogP contribution in [0.2, 0.25) is 0 Å². The smallest absolute Gasteiger partial charge is 0.263 e. The summed E-state index contributed by atoms with van der Waals surface area (Å²) in [5, 5.41) is 11.3. The fourth-order valence-electron chi connectivity index (χ4n) is 2.75. The van der Waals surface area contributed by atoms with Crippen LogP contribution >= 0.6 is 7.37 Å². The van der Waals surface area contributed by atoms with Crippen LogP contribution in [0.1, 0.15) is 11.4 Å². The quantitative estimate of drug-likeness (QED) is 0.689. The number of aliphatic hydroxyl groups is 1. The number of ether oxygens (including phenoxy) is 3. The van der Waals surface area contributed by atoms with Gasteiger partial charge in [-0.3, -0.25) is 4.57 Å². The average molecular weight is 395 g/mol. The summed E-state index contributed by atoms with van der Waals surface area (Å²) in [6.45, 7) is 0. The minimum absolute atomic E-state index is 0.339. The molecule has 2 atom stereocenters. The number of methoxy groups -OCH3 is 3. The van der Waals surface area contributed by atoms with Gasteiger partial charge in [-0.15, -0.1) is 0 Å². The Labute approximate surface area is 159 Å². The van der Waals surface area contributed by atoms with Crippen molar-refractivity contribution >= 4 is 18.4 Å². The van der Waals surface area contributed by atoms with Gasteiger partial charge in [0.1, 0.15) is 0 Å². The summed E-state index contributed by atoms with van der Waals surface area (Å²) in [7, 11) is 5.97. The first-order valence-corrected chi connectivity index (χ1v) is 9.93. The second-order valence-corrected chi connectivity index (χ2v) is 8.59. The van der Waals surface area contributed by atoms with Crippen molar-refractivity contribution < 1.29 is 28.4 Å². The molecule has 2 rings (SSSR count). The first-order valence-electron chi connectivity index (χ1n) is 8.23. The molecule has 0 aliphatic heterocycles. The second-order valence-electron chi connectivity index (χ2n) is 6.02. The molecule has 7 nitrogen and oxygen atoms in total. The van der Waals surface area contributed by atoms with Crippen molar-refractivity contribution in [3.8, 4) is 17.2 Å². The highest BCUT2D eigenvalue weighted by molar-refractivity contribution is 7.67. The van der Waals surface area contributed by atoms with Crippen molar-refractivity contribution in [1.82, 2.24) is 0 Å². The standard InChI is InChI=1S/C19H26NO6P/c1-20(2)14-7-9-15(10-8-14)27(22,26-6)19(21)13-11-16(23-3)18(25-5)17(12-13)24-4/h7-12,19,21H,1-6H3/t19-,27+/m1/s1. The van der Waals surface area contributed by atoms with Crippen LogP contribution in [0.3, 0.4) is 0 Å². The number of hydrogen-bond acceptors (Lipinski definition) is 7. The molecule has 0 radical (unpaired) electrons. The number of rotatable bonds is 8. The van der Waals surface area contributed by atoms with Crippen LogP contribution < -0.4 is 24.4 Å². The highest BCUT2D eigenvalue weighted by Gasteiger charge is 2.36. The maximum absolute atomic E-state index is 13.5. The van der Waals surface area contributed by atoms with Gasteiger partial charge < -0.3 is 28.7 Å². The van der Waals surface area contributed by atoms with Crippen LogP contribution in [0.5, 0.6) is 17.2 Å². The number of hydrogen-bond donors (Lipinski definition) is 1. The Balaban J connectivity index is 2.52. The van der Waals surface area contributed by atoms with E-state index in [1.54, 1.807) is 24.3 Å². The lowest BCUT2D eigenvalue weighted by atomic mass is 10.2. The molecule has 0 bridgehead atoms. The molecular weight excluding hydrogens is 369 g/mol. The van der Waals surface area contributed by atoms with E-state index in [1.807, 2.05) is 31.1 Å². The Morgan fingerprint density at radius 3 is 1.81 bits per heavy atom. The average Bonchev–Trinajstić information content (AvgIpc) is 2.71. The highest BCUT2D eigenvalue weighted by Crippen LogP contribution is 2.58. The topological polar surface area (TPSA) is 77.5 Å². The van der Waals surface area contributed by atoms with Gasteiger partial charge in [-0.05, 0) is 42.0 Å². The van der Waals surface area contributed by atoms with E-state index in [0.717, 1.165) is 5.69 Å². The molecule has 2 aromatic rings. The van der Waals surface area contributed by atoms with E-state index in [0.29, 0.717) is 28.1 Å². The molecule has 0 aromatic heterocycles. The van der Waals surface area contributed by atoms with E-state index >= 15 is 0 Å². The molecule has 0 aliphatic rings. The van der Waals surface area contributed by atoms with Crippen molar-refractivity contribution in [3.05, 3.63) is 42.0 Å². The lowest BCUT2D eigenvalue weighted by Gasteiger charge is -2.24. The van der Waals surface area contributed by atoms with Crippen LogP contribution in [-0.4, -0.2) is 47.6 Å². The normalized spacial score (nSPS) is 14.2. The molecular formula is C19H26NO6P. The third kappa shape index (κ3) is 4.05. The highest BCUT2D eigenvalue weighted by atomic mass is 31.2. The van der Waals surface area contributed by atoms with Crippen LogP contribution in [0.4, 0.5) is 5.69 Å². The summed E-state index contributed by atoms with van der Waals surface area (Å²) >= 11 is 0. The Bertz CT molecular complexity index is 796. The first kappa shape index (κ1) is 21.1. The second kappa shape index (κ2) is 8.65. The summed E-state index contributed by atoms with van der Waals surface area (Å²) < 4.78 is 34.8. The van der Waals surface area contributed by atoms with Gasteiger partial charge in [-0.1, -0.05) is 0 Å². The molecule has 8 heteroatoms. The molecule has 0 spiro atoms. The summed E-state index contributed by atoms with van der Waals surface area (Å²) in [5.41, 5.74) is 1.29. The van der Waals surface area contributed by atoms with Crippen LogP contribution in [0.15, 0.2) is 36.4 Å². The van der Waals surface area contributed by atoms with Crippen molar-refractivity contribution in [3.63, 3.8) is 0 Å². The lowest BCUT2D eigenvalue weighted by molar-refractivity contribution is 0.227. The number of anilines is 1. The Morgan fingerprint density at radius 2 is 1.44 bits per heavy atom. The molecule has 0 saturated heterocycles. The molecule has 2 aromatic carbocycles. The van der Waals surface area contributed by atoms with E-state index < -0.39 is 13.2 Å². The minimum atomic E-state index is -3.61. The van der Waals surface area contributed by atoms with Gasteiger partial charge in [0.2, 0.25) is 5.75 Å². The van der Waals surface area contributed by atoms with Gasteiger partial charge in [-0.25, -0.2) is 0 Å². The largest absolute Gasteiger partial charge is 0.493 e. The summed E-state index contributed by atoms with van der Waals surface area (Å²) in [5.74, 6) is -0.298. The maximum Gasteiger partial charge on any atom is 0.263 e. The third-order valence-electron chi connectivity index (χ3n) is 4.30. The van der Waals surface area contributed by atoms with Crippen molar-refractivity contribution in [1.29, 1.82) is 0 Å². The predicted molar refractivity (Wildman–Crippen MR) is 106 cm³/mol. The van der Waals surface area contributed by atoms with E-state index in [2.05, 4.69) is 0 Å². The molecule has 0 amide bonds. The number of nitrogens with zero attached hydrogens (tertiary/aromatic N) is 1. The first-order chi connectivity index (χ1) is 12.8. The monoisotopic (exact) mass is 395 g/mol. The van der Waals surface area contributed by atoms with Gasteiger partial charge in [0.25, 0.3) is 7.37 Å². The molecule has 1 N–H and O–H groups in total. The van der Waals surface area contributed by atoms with Crippen LogP contribution in [0, 0.1) is 0 Å². The molecule has 0 saturated carbocycles. The zero-order valence-corrected chi connectivity index (χ0v) is 17.3. The molecule has 0 fully saturated rings. The van der Waals surface area contributed by atoms with Crippen LogP contribution in [0.25, 0.3) is 0 Å². The van der Waals surface area contributed by atoms with Crippen molar-refractivity contribution in [2.75, 3.05) is 47.4 Å². The SMILES string of the molecule is COc1cc([C@H](O)[P@@](=O)(OC)c2ccc(N(C)C)cc2)cc(OC)c1OC. The van der Waals surface area contributed by atoms with Crippen molar-refractivity contribution in [2.45, 2.75) is 5.85 Å². The minimum Gasteiger partial charge on any atom is -0.493 e. The van der Waals surface area contributed by atoms with E-state index in [9.17, 15) is 9.67 Å². The van der Waals surface area contributed by atoms with E-state index in [4.69, 9.17) is 18.7 Å². The molecule has 0 heterocycles. The van der Waals surface area contributed by atoms with E-state index in [-0.39, 0.29) is 0 Å². The zero-order chi connectivity index (χ0) is 20.2. The zero-order valence-electron chi connectivity index (χ0n) is 16.4. The maximum atomic E-state index is 13.5. The van der Waals surface area contributed by atoms with Gasteiger partial charge in [0, 0.05) is 32.2 Å². The van der Waals surface area contributed by atoms with Gasteiger partial charge in [-0.2, -0.15) is 0 Å².